The number of halogens is 3. The third-order valence-electron chi connectivity index (χ3n) is 3.97. The molecule has 0 saturated carbocycles. The molecular formula is C17H17F3N2O. The number of rotatable bonds is 4. The van der Waals surface area contributed by atoms with Crippen LogP contribution in [0.25, 0.3) is 0 Å². The number of aromatic nitrogens is 1. The van der Waals surface area contributed by atoms with E-state index in [2.05, 4.69) is 10.3 Å². The predicted molar refractivity (Wildman–Crippen MR) is 80.0 cm³/mol. The Morgan fingerprint density at radius 2 is 1.91 bits per heavy atom. The molecule has 1 aromatic heterocycles. The van der Waals surface area contributed by atoms with Gasteiger partial charge in [0.15, 0.2) is 0 Å². The summed E-state index contributed by atoms with van der Waals surface area (Å²) in [5.74, 6) is 0.472. The van der Waals surface area contributed by atoms with Crippen molar-refractivity contribution in [3.63, 3.8) is 0 Å². The van der Waals surface area contributed by atoms with Gasteiger partial charge in [-0.3, -0.25) is 0 Å². The van der Waals surface area contributed by atoms with Crippen LogP contribution in [0.5, 0.6) is 5.88 Å². The number of ether oxygens (including phenoxy) is 1. The third kappa shape index (κ3) is 3.82. The van der Waals surface area contributed by atoms with E-state index in [-0.39, 0.29) is 17.9 Å². The molecule has 2 atom stereocenters. The first-order valence-corrected chi connectivity index (χ1v) is 7.49. The molecule has 23 heavy (non-hydrogen) atoms. The van der Waals surface area contributed by atoms with Gasteiger partial charge >= 0.3 is 6.18 Å². The summed E-state index contributed by atoms with van der Waals surface area (Å²) < 4.78 is 43.7. The summed E-state index contributed by atoms with van der Waals surface area (Å²) >= 11 is 0. The molecule has 0 amide bonds. The van der Waals surface area contributed by atoms with Crippen molar-refractivity contribution in [3.8, 4) is 5.88 Å². The van der Waals surface area contributed by atoms with Gasteiger partial charge in [0.1, 0.15) is 6.10 Å². The standard InChI is InChI=1S/C17H17F3N2O/c18-17(19,20)14-6-7-15(22-11-14)23-16(13-8-9-21-10-13)12-4-2-1-3-5-12/h1-7,11,13,16,21H,8-10H2/t13-,16?/m0/s1. The lowest BCUT2D eigenvalue weighted by atomic mass is 9.95. The number of pyridine rings is 1. The van der Waals surface area contributed by atoms with E-state index >= 15 is 0 Å². The number of nitrogens with zero attached hydrogens (tertiary/aromatic N) is 1. The molecule has 2 aromatic rings. The Labute approximate surface area is 132 Å². The van der Waals surface area contributed by atoms with Gasteiger partial charge in [0.25, 0.3) is 0 Å². The molecule has 122 valence electrons. The lowest BCUT2D eigenvalue weighted by molar-refractivity contribution is -0.137. The topological polar surface area (TPSA) is 34.1 Å². The van der Waals surface area contributed by atoms with Crippen LogP contribution in [0.1, 0.15) is 23.7 Å². The largest absolute Gasteiger partial charge is 0.469 e. The maximum absolute atomic E-state index is 12.6. The zero-order valence-electron chi connectivity index (χ0n) is 12.4. The van der Waals surface area contributed by atoms with E-state index in [0.717, 1.165) is 37.3 Å². The minimum Gasteiger partial charge on any atom is -0.469 e. The first-order chi connectivity index (χ1) is 11.0. The van der Waals surface area contributed by atoms with Crippen molar-refractivity contribution < 1.29 is 17.9 Å². The Bertz CT molecular complexity index is 623. The Kier molecular flexibility index (Phi) is 4.52. The quantitative estimate of drug-likeness (QED) is 0.929. The molecule has 1 saturated heterocycles. The Hall–Kier alpha value is -2.08. The van der Waals surface area contributed by atoms with Crippen LogP contribution in [0.2, 0.25) is 0 Å². The van der Waals surface area contributed by atoms with Crippen LogP contribution in [-0.4, -0.2) is 18.1 Å². The summed E-state index contributed by atoms with van der Waals surface area (Å²) in [6.07, 6.45) is -2.85. The van der Waals surface area contributed by atoms with Crippen LogP contribution < -0.4 is 10.1 Å². The lowest BCUT2D eigenvalue weighted by Crippen LogP contribution is -2.21. The third-order valence-corrected chi connectivity index (χ3v) is 3.97. The van der Waals surface area contributed by atoms with Crippen molar-refractivity contribution in [2.75, 3.05) is 13.1 Å². The molecule has 6 heteroatoms. The monoisotopic (exact) mass is 322 g/mol. The van der Waals surface area contributed by atoms with Gasteiger partial charge in [-0.05, 0) is 24.6 Å². The molecule has 1 N–H and O–H groups in total. The van der Waals surface area contributed by atoms with Gasteiger partial charge in [-0.1, -0.05) is 30.3 Å². The maximum Gasteiger partial charge on any atom is 0.417 e. The van der Waals surface area contributed by atoms with Gasteiger partial charge in [-0.2, -0.15) is 13.2 Å². The van der Waals surface area contributed by atoms with Crippen molar-refractivity contribution >= 4 is 0 Å². The normalized spacial score (nSPS) is 19.5. The van der Waals surface area contributed by atoms with Crippen molar-refractivity contribution in [2.45, 2.75) is 18.7 Å². The molecular weight excluding hydrogens is 305 g/mol. The summed E-state index contributed by atoms with van der Waals surface area (Å²) in [5, 5.41) is 3.29. The fourth-order valence-corrected chi connectivity index (χ4v) is 2.76. The number of nitrogens with one attached hydrogen (secondary N) is 1. The van der Waals surface area contributed by atoms with Crippen LogP contribution >= 0.6 is 0 Å². The number of hydrogen-bond donors (Lipinski definition) is 1. The van der Waals surface area contributed by atoms with Crippen LogP contribution in [0.4, 0.5) is 13.2 Å². The Balaban J connectivity index is 1.81. The van der Waals surface area contributed by atoms with Gasteiger partial charge in [0, 0.05) is 24.7 Å². The highest BCUT2D eigenvalue weighted by atomic mass is 19.4. The van der Waals surface area contributed by atoms with Crippen LogP contribution in [-0.2, 0) is 6.18 Å². The van der Waals surface area contributed by atoms with Gasteiger partial charge in [0.2, 0.25) is 5.88 Å². The second kappa shape index (κ2) is 6.58. The van der Waals surface area contributed by atoms with E-state index < -0.39 is 11.7 Å². The summed E-state index contributed by atoms with van der Waals surface area (Å²) in [4.78, 5) is 3.82. The Morgan fingerprint density at radius 1 is 1.13 bits per heavy atom. The van der Waals surface area contributed by atoms with Crippen molar-refractivity contribution in [3.05, 3.63) is 59.8 Å². The number of hydrogen-bond acceptors (Lipinski definition) is 3. The van der Waals surface area contributed by atoms with Gasteiger partial charge in [-0.15, -0.1) is 0 Å². The number of alkyl halides is 3. The molecule has 0 bridgehead atoms. The van der Waals surface area contributed by atoms with Crippen LogP contribution in [0, 0.1) is 5.92 Å². The van der Waals surface area contributed by atoms with Crippen molar-refractivity contribution in [1.82, 2.24) is 10.3 Å². The van der Waals surface area contributed by atoms with Gasteiger partial charge in [0.05, 0.1) is 5.56 Å². The summed E-state index contributed by atoms with van der Waals surface area (Å²) in [6.45, 7) is 1.73. The summed E-state index contributed by atoms with van der Waals surface area (Å²) in [7, 11) is 0. The zero-order chi connectivity index (χ0) is 16.3. The molecule has 0 aliphatic carbocycles. The van der Waals surface area contributed by atoms with E-state index in [9.17, 15) is 13.2 Å². The van der Waals surface area contributed by atoms with E-state index in [4.69, 9.17) is 4.74 Å². The fourth-order valence-electron chi connectivity index (χ4n) is 2.76. The molecule has 1 aliphatic heterocycles. The second-order valence-corrected chi connectivity index (χ2v) is 5.58. The second-order valence-electron chi connectivity index (χ2n) is 5.58. The Morgan fingerprint density at radius 3 is 2.48 bits per heavy atom. The molecule has 0 radical (unpaired) electrons. The minimum absolute atomic E-state index is 0.207. The summed E-state index contributed by atoms with van der Waals surface area (Å²) in [6, 6.07) is 12.0. The molecule has 0 spiro atoms. The van der Waals surface area contributed by atoms with Crippen LogP contribution in [0.15, 0.2) is 48.7 Å². The van der Waals surface area contributed by atoms with E-state index in [1.807, 2.05) is 30.3 Å². The zero-order valence-corrected chi connectivity index (χ0v) is 12.4. The highest BCUT2D eigenvalue weighted by Crippen LogP contribution is 2.33. The molecule has 1 fully saturated rings. The highest BCUT2D eigenvalue weighted by Gasteiger charge is 2.32. The molecule has 1 aliphatic rings. The molecule has 2 heterocycles. The molecule has 1 unspecified atom stereocenters. The van der Waals surface area contributed by atoms with Crippen molar-refractivity contribution in [1.29, 1.82) is 0 Å². The highest BCUT2D eigenvalue weighted by molar-refractivity contribution is 5.23. The average molecular weight is 322 g/mol. The van der Waals surface area contributed by atoms with E-state index in [1.165, 1.54) is 6.07 Å². The fraction of sp³-hybridized carbons (Fsp3) is 0.353. The predicted octanol–water partition coefficient (Wildman–Crippen LogP) is 3.83. The van der Waals surface area contributed by atoms with Crippen molar-refractivity contribution in [2.24, 2.45) is 5.92 Å². The molecule has 3 rings (SSSR count). The van der Waals surface area contributed by atoms with Crippen LogP contribution in [0.3, 0.4) is 0 Å². The number of benzene rings is 1. The lowest BCUT2D eigenvalue weighted by Gasteiger charge is -2.24. The smallest absolute Gasteiger partial charge is 0.417 e. The van der Waals surface area contributed by atoms with Gasteiger partial charge in [-0.25, -0.2) is 4.98 Å². The molecule has 1 aromatic carbocycles. The summed E-state index contributed by atoms with van der Waals surface area (Å²) in [5.41, 5.74) is 0.228. The first-order valence-electron chi connectivity index (χ1n) is 7.49. The van der Waals surface area contributed by atoms with Gasteiger partial charge < -0.3 is 10.1 Å². The van der Waals surface area contributed by atoms with E-state index in [1.54, 1.807) is 0 Å². The molecule has 3 nitrogen and oxygen atoms in total. The first kappa shape index (κ1) is 15.8. The maximum atomic E-state index is 12.6. The SMILES string of the molecule is FC(F)(F)c1ccc(OC(c2ccccc2)[C@H]2CCNC2)nc1. The minimum atomic E-state index is -4.39. The van der Waals surface area contributed by atoms with E-state index in [0.29, 0.717) is 0 Å². The average Bonchev–Trinajstić information content (AvgIpc) is 3.07.